The van der Waals surface area contributed by atoms with Crippen LogP contribution in [0, 0.1) is 0 Å². The van der Waals surface area contributed by atoms with E-state index in [-0.39, 0.29) is 0 Å². The van der Waals surface area contributed by atoms with Crippen molar-refractivity contribution in [2.24, 2.45) is 0 Å². The predicted octanol–water partition coefficient (Wildman–Crippen LogP) is 3.89. The van der Waals surface area contributed by atoms with E-state index in [1.54, 1.807) is 0 Å². The predicted molar refractivity (Wildman–Crippen MR) is 79.9 cm³/mol. The molecule has 0 saturated carbocycles. The molecule has 2 aromatic rings. The molecule has 3 heteroatoms. The van der Waals surface area contributed by atoms with Crippen molar-refractivity contribution in [3.63, 3.8) is 0 Å². The number of fused-ring (bicyclic) bond motifs is 1. The molecule has 2 nitrogen and oxygen atoms in total. The van der Waals surface area contributed by atoms with E-state index < -0.39 is 0 Å². The van der Waals surface area contributed by atoms with Crippen LogP contribution in [-0.2, 0) is 6.54 Å². The number of hydrogen-bond donors (Lipinski definition) is 0. The molecule has 1 aliphatic rings. The van der Waals surface area contributed by atoms with E-state index in [9.17, 15) is 0 Å². The lowest BCUT2D eigenvalue weighted by molar-refractivity contribution is 0.326. The van der Waals surface area contributed by atoms with Crippen LogP contribution in [0.5, 0.6) is 0 Å². The zero-order valence-corrected chi connectivity index (χ0v) is 12.2. The van der Waals surface area contributed by atoms with Crippen molar-refractivity contribution in [2.75, 3.05) is 19.6 Å². The van der Waals surface area contributed by atoms with Gasteiger partial charge in [-0.1, -0.05) is 22.0 Å². The summed E-state index contributed by atoms with van der Waals surface area (Å²) in [4.78, 5) is 2.58. The molecule has 1 fully saturated rings. The maximum atomic E-state index is 3.55. The minimum atomic E-state index is 1.12. The van der Waals surface area contributed by atoms with E-state index in [1.165, 1.54) is 49.8 Å². The fourth-order valence-corrected chi connectivity index (χ4v) is 3.17. The lowest BCUT2D eigenvalue weighted by atomic mass is 10.2. The van der Waals surface area contributed by atoms with Gasteiger partial charge >= 0.3 is 0 Å². The van der Waals surface area contributed by atoms with Gasteiger partial charge in [-0.05, 0) is 62.5 Å². The number of likely N-dealkylation sites (tertiary alicyclic amines) is 1. The van der Waals surface area contributed by atoms with Gasteiger partial charge in [0.15, 0.2) is 0 Å². The lowest BCUT2D eigenvalue weighted by Crippen LogP contribution is -2.21. The Morgan fingerprint density at radius 3 is 2.72 bits per heavy atom. The van der Waals surface area contributed by atoms with Crippen LogP contribution < -0.4 is 0 Å². The van der Waals surface area contributed by atoms with Crippen molar-refractivity contribution in [3.05, 3.63) is 34.9 Å². The second-order valence-corrected chi connectivity index (χ2v) is 6.03. The van der Waals surface area contributed by atoms with Crippen LogP contribution in [0.25, 0.3) is 10.9 Å². The van der Waals surface area contributed by atoms with Gasteiger partial charge in [-0.2, -0.15) is 0 Å². The second kappa shape index (κ2) is 5.45. The molecule has 0 bridgehead atoms. The van der Waals surface area contributed by atoms with Crippen LogP contribution in [-0.4, -0.2) is 29.1 Å². The van der Waals surface area contributed by atoms with Gasteiger partial charge in [-0.15, -0.1) is 0 Å². The molecule has 0 atom stereocenters. The van der Waals surface area contributed by atoms with Gasteiger partial charge in [-0.25, -0.2) is 0 Å². The number of halogens is 1. The van der Waals surface area contributed by atoms with Gasteiger partial charge < -0.3 is 9.47 Å². The van der Waals surface area contributed by atoms with Crippen LogP contribution in [0.4, 0.5) is 0 Å². The highest BCUT2D eigenvalue weighted by atomic mass is 79.9. The molecule has 0 spiro atoms. The molecule has 2 heterocycles. The summed E-state index contributed by atoms with van der Waals surface area (Å²) in [6.45, 7) is 4.97. The standard InChI is InChI=1S/C15H19BrN2/c16-14-5-4-13-6-11-18(15(13)12-14)10-3-9-17-7-1-2-8-17/h4-6,11-12H,1-3,7-10H2. The minimum Gasteiger partial charge on any atom is -0.347 e. The highest BCUT2D eigenvalue weighted by Gasteiger charge is 2.10. The maximum Gasteiger partial charge on any atom is 0.0491 e. The van der Waals surface area contributed by atoms with E-state index in [0.717, 1.165) is 11.0 Å². The Morgan fingerprint density at radius 1 is 1.06 bits per heavy atom. The summed E-state index contributed by atoms with van der Waals surface area (Å²) in [5.41, 5.74) is 1.34. The van der Waals surface area contributed by atoms with Gasteiger partial charge in [0.25, 0.3) is 0 Å². The van der Waals surface area contributed by atoms with E-state index in [4.69, 9.17) is 0 Å². The minimum absolute atomic E-state index is 1.12. The zero-order chi connectivity index (χ0) is 12.4. The molecule has 1 aromatic heterocycles. The third kappa shape index (κ3) is 2.62. The quantitative estimate of drug-likeness (QED) is 0.832. The first kappa shape index (κ1) is 12.2. The summed E-state index contributed by atoms with van der Waals surface area (Å²) < 4.78 is 3.53. The molecule has 96 valence electrons. The van der Waals surface area contributed by atoms with Gasteiger partial charge in [0.05, 0.1) is 0 Å². The smallest absolute Gasteiger partial charge is 0.0491 e. The number of aryl methyl sites for hydroxylation is 1. The lowest BCUT2D eigenvalue weighted by Gasteiger charge is -2.14. The summed E-state index contributed by atoms with van der Waals surface area (Å²) in [5.74, 6) is 0. The molecule has 1 aromatic carbocycles. The third-order valence-corrected chi connectivity index (χ3v) is 4.30. The topological polar surface area (TPSA) is 8.17 Å². The highest BCUT2D eigenvalue weighted by molar-refractivity contribution is 9.10. The fraction of sp³-hybridized carbons (Fsp3) is 0.467. The SMILES string of the molecule is Brc1ccc2ccn(CCCN3CCCC3)c2c1. The van der Waals surface area contributed by atoms with E-state index in [1.807, 2.05) is 0 Å². The maximum absolute atomic E-state index is 3.55. The molecule has 1 saturated heterocycles. The fourth-order valence-electron chi connectivity index (χ4n) is 2.82. The third-order valence-electron chi connectivity index (χ3n) is 3.81. The summed E-state index contributed by atoms with van der Waals surface area (Å²) in [7, 11) is 0. The average Bonchev–Trinajstić information content (AvgIpc) is 2.99. The molecule has 0 radical (unpaired) electrons. The second-order valence-electron chi connectivity index (χ2n) is 5.11. The van der Waals surface area contributed by atoms with Gasteiger partial charge in [0.2, 0.25) is 0 Å². The summed E-state index contributed by atoms with van der Waals surface area (Å²) in [5, 5.41) is 1.33. The number of benzene rings is 1. The first-order chi connectivity index (χ1) is 8.83. The molecule has 0 aliphatic carbocycles. The zero-order valence-electron chi connectivity index (χ0n) is 10.6. The largest absolute Gasteiger partial charge is 0.347 e. The van der Waals surface area contributed by atoms with Crippen molar-refractivity contribution >= 4 is 26.8 Å². The summed E-state index contributed by atoms with van der Waals surface area (Å²) in [6.07, 6.45) is 6.23. The van der Waals surface area contributed by atoms with Crippen molar-refractivity contribution < 1.29 is 0 Å². The molecule has 3 rings (SSSR count). The Labute approximate surface area is 117 Å². The van der Waals surface area contributed by atoms with Gasteiger partial charge in [-0.3, -0.25) is 0 Å². The molecule has 18 heavy (non-hydrogen) atoms. The Kier molecular flexibility index (Phi) is 3.71. The van der Waals surface area contributed by atoms with Crippen LogP contribution in [0.3, 0.4) is 0 Å². The Balaban J connectivity index is 1.65. The average molecular weight is 307 g/mol. The van der Waals surface area contributed by atoms with Gasteiger partial charge in [0.1, 0.15) is 0 Å². The van der Waals surface area contributed by atoms with Crippen LogP contribution >= 0.6 is 15.9 Å². The molecular formula is C15H19BrN2. The molecule has 0 amide bonds. The van der Waals surface area contributed by atoms with E-state index in [0.29, 0.717) is 0 Å². The van der Waals surface area contributed by atoms with Crippen LogP contribution in [0.2, 0.25) is 0 Å². The van der Waals surface area contributed by atoms with Crippen LogP contribution in [0.15, 0.2) is 34.9 Å². The number of nitrogens with zero attached hydrogens (tertiary/aromatic N) is 2. The van der Waals surface area contributed by atoms with Crippen molar-refractivity contribution in [3.8, 4) is 0 Å². The van der Waals surface area contributed by atoms with E-state index >= 15 is 0 Å². The number of hydrogen-bond acceptors (Lipinski definition) is 1. The molecule has 0 N–H and O–H groups in total. The Morgan fingerprint density at radius 2 is 1.89 bits per heavy atom. The number of aromatic nitrogens is 1. The molecule has 1 aliphatic heterocycles. The summed E-state index contributed by atoms with van der Waals surface area (Å²) in [6, 6.07) is 8.70. The number of rotatable bonds is 4. The highest BCUT2D eigenvalue weighted by Crippen LogP contribution is 2.21. The first-order valence-corrected chi connectivity index (χ1v) is 7.59. The monoisotopic (exact) mass is 306 g/mol. The summed E-state index contributed by atoms with van der Waals surface area (Å²) >= 11 is 3.55. The molecule has 0 unspecified atom stereocenters. The van der Waals surface area contributed by atoms with Crippen molar-refractivity contribution in [2.45, 2.75) is 25.8 Å². The van der Waals surface area contributed by atoms with Crippen molar-refractivity contribution in [1.29, 1.82) is 0 Å². The molecular weight excluding hydrogens is 288 g/mol. The Bertz CT molecular complexity index is 526. The first-order valence-electron chi connectivity index (χ1n) is 6.80. The Hall–Kier alpha value is -0.800. The van der Waals surface area contributed by atoms with Gasteiger partial charge in [0, 0.05) is 22.7 Å². The van der Waals surface area contributed by atoms with Crippen LogP contribution in [0.1, 0.15) is 19.3 Å². The van der Waals surface area contributed by atoms with Crippen molar-refractivity contribution in [1.82, 2.24) is 9.47 Å². The van der Waals surface area contributed by atoms with E-state index in [2.05, 4.69) is 55.9 Å². The normalized spacial score (nSPS) is 16.7.